The molecule has 0 aliphatic heterocycles. The molecule has 3 rings (SSSR count). The van der Waals surface area contributed by atoms with E-state index in [1.54, 1.807) is 29.7 Å². The summed E-state index contributed by atoms with van der Waals surface area (Å²) in [4.78, 5) is 11.7. The number of carbonyl (C=O) groups excluding carboxylic acids is 1. The van der Waals surface area contributed by atoms with Crippen LogP contribution < -0.4 is 14.9 Å². The number of ether oxygens (including phenoxy) is 1. The smallest absolute Gasteiger partial charge is 0.246 e. The second-order valence-electron chi connectivity index (χ2n) is 6.35. The average Bonchev–Trinajstić information content (AvgIpc) is 2.59. The Kier molecular flexibility index (Phi) is 5.15. The summed E-state index contributed by atoms with van der Waals surface area (Å²) in [5.41, 5.74) is 4.30. The molecule has 1 amide bonds. The molecule has 0 aromatic heterocycles. The summed E-state index contributed by atoms with van der Waals surface area (Å²) in [5, 5.41) is 8.82. The Bertz CT molecular complexity index is 927. The Morgan fingerprint density at radius 2 is 1.92 bits per heavy atom. The van der Waals surface area contributed by atoms with E-state index in [1.165, 1.54) is 0 Å². The lowest BCUT2D eigenvalue weighted by Crippen LogP contribution is -2.31. The maximum Gasteiger partial charge on any atom is 0.246 e. The molecule has 0 saturated carbocycles. The van der Waals surface area contributed by atoms with E-state index < -0.39 is 10.0 Å². The van der Waals surface area contributed by atoms with Crippen molar-refractivity contribution < 1.29 is 23.2 Å². The SMILES string of the molecule is CS(=O)(=O)Nc1cccc(Oc2ccc3c(c2)CC(C(=O)NO)CC3)c1. The average molecular weight is 376 g/mol. The number of fused-ring (bicyclic) bond motifs is 1. The third-order valence-corrected chi connectivity index (χ3v) is 4.87. The Morgan fingerprint density at radius 3 is 2.65 bits per heavy atom. The molecule has 3 N–H and O–H groups in total. The Morgan fingerprint density at radius 1 is 1.15 bits per heavy atom. The zero-order valence-electron chi connectivity index (χ0n) is 14.2. The highest BCUT2D eigenvalue weighted by atomic mass is 32.2. The summed E-state index contributed by atoms with van der Waals surface area (Å²) in [5.74, 6) is 0.468. The van der Waals surface area contributed by atoms with Crippen molar-refractivity contribution in [3.8, 4) is 11.5 Å². The van der Waals surface area contributed by atoms with Gasteiger partial charge in [0.2, 0.25) is 15.9 Å². The van der Waals surface area contributed by atoms with Gasteiger partial charge >= 0.3 is 0 Å². The van der Waals surface area contributed by atoms with Crippen LogP contribution in [0.25, 0.3) is 0 Å². The lowest BCUT2D eigenvalue weighted by Gasteiger charge is -2.23. The van der Waals surface area contributed by atoms with Crippen LogP contribution in [0.1, 0.15) is 17.5 Å². The van der Waals surface area contributed by atoms with E-state index in [4.69, 9.17) is 9.94 Å². The number of carbonyl (C=O) groups is 1. The number of nitrogens with one attached hydrogen (secondary N) is 2. The van der Waals surface area contributed by atoms with E-state index in [0.717, 1.165) is 23.8 Å². The number of sulfonamides is 1. The lowest BCUT2D eigenvalue weighted by molar-refractivity contribution is -0.133. The fourth-order valence-electron chi connectivity index (χ4n) is 3.09. The molecule has 2 aromatic carbocycles. The van der Waals surface area contributed by atoms with Crippen molar-refractivity contribution in [1.29, 1.82) is 0 Å². The molecule has 7 nitrogen and oxygen atoms in total. The van der Waals surface area contributed by atoms with Gasteiger partial charge in [0.05, 0.1) is 11.9 Å². The first-order valence-electron chi connectivity index (χ1n) is 8.15. The molecule has 1 unspecified atom stereocenters. The summed E-state index contributed by atoms with van der Waals surface area (Å²) >= 11 is 0. The highest BCUT2D eigenvalue weighted by molar-refractivity contribution is 7.92. The van der Waals surface area contributed by atoms with Crippen LogP contribution in [0.4, 0.5) is 5.69 Å². The molecule has 0 bridgehead atoms. The van der Waals surface area contributed by atoms with Gasteiger partial charge in [0.1, 0.15) is 11.5 Å². The van der Waals surface area contributed by atoms with Crippen molar-refractivity contribution >= 4 is 21.6 Å². The van der Waals surface area contributed by atoms with E-state index in [2.05, 4.69) is 4.72 Å². The molecule has 1 aliphatic rings. The van der Waals surface area contributed by atoms with Crippen LogP contribution in [-0.2, 0) is 27.7 Å². The van der Waals surface area contributed by atoms with Crippen molar-refractivity contribution in [2.45, 2.75) is 19.3 Å². The quantitative estimate of drug-likeness (QED) is 0.549. The molecule has 0 heterocycles. The van der Waals surface area contributed by atoms with Gasteiger partial charge in [-0.3, -0.25) is 14.7 Å². The van der Waals surface area contributed by atoms with Gasteiger partial charge in [-0.2, -0.15) is 0 Å². The highest BCUT2D eigenvalue weighted by Crippen LogP contribution is 2.31. The number of aryl methyl sites for hydroxylation is 1. The van der Waals surface area contributed by atoms with Gasteiger partial charge < -0.3 is 4.74 Å². The van der Waals surface area contributed by atoms with Gasteiger partial charge in [-0.25, -0.2) is 13.9 Å². The molecular weight excluding hydrogens is 356 g/mol. The molecule has 26 heavy (non-hydrogen) atoms. The zero-order valence-corrected chi connectivity index (χ0v) is 15.0. The van der Waals surface area contributed by atoms with Gasteiger partial charge in [0, 0.05) is 12.0 Å². The molecule has 1 atom stereocenters. The molecule has 0 radical (unpaired) electrons. The summed E-state index contributed by atoms with van der Waals surface area (Å²) in [7, 11) is -3.36. The van der Waals surface area contributed by atoms with Crippen molar-refractivity contribution in [2.75, 3.05) is 11.0 Å². The van der Waals surface area contributed by atoms with E-state index in [9.17, 15) is 13.2 Å². The fourth-order valence-corrected chi connectivity index (χ4v) is 3.64. The molecule has 2 aromatic rings. The second-order valence-corrected chi connectivity index (χ2v) is 8.10. The van der Waals surface area contributed by atoms with E-state index in [0.29, 0.717) is 30.0 Å². The number of hydroxylamine groups is 1. The Hall–Kier alpha value is -2.58. The van der Waals surface area contributed by atoms with Crippen LogP contribution in [0.15, 0.2) is 42.5 Å². The van der Waals surface area contributed by atoms with E-state index >= 15 is 0 Å². The van der Waals surface area contributed by atoms with Crippen molar-refractivity contribution in [2.24, 2.45) is 5.92 Å². The minimum Gasteiger partial charge on any atom is -0.457 e. The van der Waals surface area contributed by atoms with Gasteiger partial charge in [0.25, 0.3) is 0 Å². The van der Waals surface area contributed by atoms with Crippen LogP contribution in [0.2, 0.25) is 0 Å². The molecular formula is C18H20N2O5S. The first-order valence-corrected chi connectivity index (χ1v) is 10.0. The third-order valence-electron chi connectivity index (χ3n) is 4.26. The highest BCUT2D eigenvalue weighted by Gasteiger charge is 2.24. The van der Waals surface area contributed by atoms with Crippen LogP contribution >= 0.6 is 0 Å². The molecule has 138 valence electrons. The fraction of sp³-hybridized carbons (Fsp3) is 0.278. The van der Waals surface area contributed by atoms with E-state index in [1.807, 2.05) is 18.2 Å². The first-order chi connectivity index (χ1) is 12.3. The predicted octanol–water partition coefficient (Wildman–Crippen LogP) is 2.46. The topological polar surface area (TPSA) is 105 Å². The predicted molar refractivity (Wildman–Crippen MR) is 96.9 cm³/mol. The number of anilines is 1. The standard InChI is InChI=1S/C18H20N2O5S/c1-26(23,24)20-15-3-2-4-16(11-15)25-17-8-7-12-5-6-13(18(21)19-22)9-14(12)10-17/h2-4,7-8,10-11,13,20,22H,5-6,9H2,1H3,(H,19,21). The van der Waals surface area contributed by atoms with Crippen molar-refractivity contribution in [3.63, 3.8) is 0 Å². The minimum atomic E-state index is -3.36. The number of amides is 1. The third kappa shape index (κ3) is 4.53. The molecule has 1 aliphatic carbocycles. The zero-order chi connectivity index (χ0) is 18.7. The van der Waals surface area contributed by atoms with Crippen LogP contribution in [0.5, 0.6) is 11.5 Å². The minimum absolute atomic E-state index is 0.259. The Labute approximate surface area is 152 Å². The first kappa shape index (κ1) is 18.2. The van der Waals surface area contributed by atoms with E-state index in [-0.39, 0.29) is 11.8 Å². The summed E-state index contributed by atoms with van der Waals surface area (Å²) in [6.07, 6.45) is 3.08. The van der Waals surface area contributed by atoms with Gasteiger partial charge in [-0.05, 0) is 54.7 Å². The monoisotopic (exact) mass is 376 g/mol. The summed E-state index contributed by atoms with van der Waals surface area (Å²) in [6, 6.07) is 12.4. The number of hydrogen-bond acceptors (Lipinski definition) is 5. The largest absolute Gasteiger partial charge is 0.457 e. The van der Waals surface area contributed by atoms with Crippen LogP contribution in [-0.4, -0.2) is 25.8 Å². The second kappa shape index (κ2) is 7.35. The molecule has 0 spiro atoms. The van der Waals surface area contributed by atoms with Gasteiger partial charge in [0.15, 0.2) is 0 Å². The molecule has 0 fully saturated rings. The van der Waals surface area contributed by atoms with Gasteiger partial charge in [-0.15, -0.1) is 0 Å². The molecule has 0 saturated heterocycles. The van der Waals surface area contributed by atoms with Gasteiger partial charge in [-0.1, -0.05) is 12.1 Å². The Balaban J connectivity index is 1.77. The number of hydrogen-bond donors (Lipinski definition) is 3. The normalized spacial score (nSPS) is 16.5. The maximum absolute atomic E-state index is 11.7. The van der Waals surface area contributed by atoms with Crippen molar-refractivity contribution in [3.05, 3.63) is 53.6 Å². The lowest BCUT2D eigenvalue weighted by atomic mass is 9.83. The van der Waals surface area contributed by atoms with Crippen LogP contribution in [0.3, 0.4) is 0 Å². The van der Waals surface area contributed by atoms with Crippen LogP contribution in [0, 0.1) is 5.92 Å². The number of benzene rings is 2. The molecule has 8 heteroatoms. The number of rotatable bonds is 5. The summed E-state index contributed by atoms with van der Waals surface area (Å²) < 4.78 is 30.9. The maximum atomic E-state index is 11.7. The summed E-state index contributed by atoms with van der Waals surface area (Å²) in [6.45, 7) is 0. The van der Waals surface area contributed by atoms with Crippen molar-refractivity contribution in [1.82, 2.24) is 5.48 Å².